The molecule has 0 saturated carbocycles. The molecule has 1 amide bonds. The molecular weight excluding hydrogens is 184 g/mol. The predicted molar refractivity (Wildman–Crippen MR) is 54.7 cm³/mol. The van der Waals surface area contributed by atoms with E-state index in [2.05, 4.69) is 12.2 Å². The fourth-order valence-electron chi connectivity index (χ4n) is 1.30. The first-order valence-corrected chi connectivity index (χ1v) is 5.11. The molecule has 1 atom stereocenters. The van der Waals surface area contributed by atoms with Crippen molar-refractivity contribution in [1.82, 2.24) is 5.32 Å². The number of aryl methyl sites for hydroxylation is 1. The molecule has 1 heterocycles. The number of thiophene rings is 1. The SMILES string of the molecule is CCc1ccsc1C(NC)C(N)=O. The van der Waals surface area contributed by atoms with Gasteiger partial charge in [0.15, 0.2) is 0 Å². The van der Waals surface area contributed by atoms with Crippen LogP contribution in [-0.4, -0.2) is 13.0 Å². The summed E-state index contributed by atoms with van der Waals surface area (Å²) in [6.45, 7) is 2.07. The van der Waals surface area contributed by atoms with Gasteiger partial charge in [0.05, 0.1) is 0 Å². The van der Waals surface area contributed by atoms with Gasteiger partial charge in [-0.15, -0.1) is 11.3 Å². The minimum Gasteiger partial charge on any atom is -0.368 e. The predicted octanol–water partition coefficient (Wildman–Crippen LogP) is 1.06. The van der Waals surface area contributed by atoms with Gasteiger partial charge in [-0.1, -0.05) is 6.92 Å². The zero-order valence-electron chi connectivity index (χ0n) is 7.83. The fraction of sp³-hybridized carbons (Fsp3) is 0.444. The van der Waals surface area contributed by atoms with Gasteiger partial charge in [-0.2, -0.15) is 0 Å². The second-order valence-corrected chi connectivity index (χ2v) is 3.74. The molecular formula is C9H14N2OS. The molecule has 13 heavy (non-hydrogen) atoms. The lowest BCUT2D eigenvalue weighted by Crippen LogP contribution is -2.31. The molecule has 0 fully saturated rings. The van der Waals surface area contributed by atoms with Crippen LogP contribution in [0.4, 0.5) is 0 Å². The molecule has 1 aromatic heterocycles. The van der Waals surface area contributed by atoms with Gasteiger partial charge in [0, 0.05) is 4.88 Å². The Morgan fingerprint density at radius 1 is 1.77 bits per heavy atom. The average Bonchev–Trinajstić information content (AvgIpc) is 2.53. The maximum Gasteiger partial charge on any atom is 0.239 e. The summed E-state index contributed by atoms with van der Waals surface area (Å²) in [5.41, 5.74) is 6.46. The van der Waals surface area contributed by atoms with Crippen LogP contribution in [-0.2, 0) is 11.2 Å². The van der Waals surface area contributed by atoms with Crippen LogP contribution in [0.25, 0.3) is 0 Å². The standard InChI is InChI=1S/C9H14N2OS/c1-3-6-4-5-13-8(6)7(11-2)9(10)12/h4-5,7,11H,3H2,1-2H3,(H2,10,12). The van der Waals surface area contributed by atoms with Crippen LogP contribution < -0.4 is 11.1 Å². The van der Waals surface area contributed by atoms with E-state index in [4.69, 9.17) is 5.73 Å². The molecule has 0 saturated heterocycles. The topological polar surface area (TPSA) is 55.1 Å². The molecule has 72 valence electrons. The number of primary amides is 1. The van der Waals surface area contributed by atoms with Gasteiger partial charge in [0.1, 0.15) is 6.04 Å². The number of amides is 1. The first kappa shape index (κ1) is 10.2. The van der Waals surface area contributed by atoms with Crippen molar-refractivity contribution in [3.63, 3.8) is 0 Å². The van der Waals surface area contributed by atoms with E-state index in [1.807, 2.05) is 11.4 Å². The first-order valence-electron chi connectivity index (χ1n) is 4.23. The zero-order valence-corrected chi connectivity index (χ0v) is 8.65. The Labute approximate surface area is 81.9 Å². The van der Waals surface area contributed by atoms with E-state index in [9.17, 15) is 4.79 Å². The maximum absolute atomic E-state index is 11.1. The Balaban J connectivity index is 2.96. The van der Waals surface area contributed by atoms with Gasteiger partial charge in [-0.25, -0.2) is 0 Å². The average molecular weight is 198 g/mol. The largest absolute Gasteiger partial charge is 0.368 e. The number of nitrogens with two attached hydrogens (primary N) is 1. The Morgan fingerprint density at radius 2 is 2.46 bits per heavy atom. The van der Waals surface area contributed by atoms with Crippen molar-refractivity contribution in [1.29, 1.82) is 0 Å². The van der Waals surface area contributed by atoms with E-state index >= 15 is 0 Å². The number of likely N-dealkylation sites (N-methyl/N-ethyl adjacent to an activating group) is 1. The first-order chi connectivity index (χ1) is 6.20. The molecule has 4 heteroatoms. The lowest BCUT2D eigenvalue weighted by Gasteiger charge is -2.11. The summed E-state index contributed by atoms with van der Waals surface area (Å²) in [5.74, 6) is -0.320. The minimum absolute atomic E-state index is 0.320. The highest BCUT2D eigenvalue weighted by molar-refractivity contribution is 7.10. The lowest BCUT2D eigenvalue weighted by atomic mass is 10.1. The molecule has 3 nitrogen and oxygen atoms in total. The molecule has 0 spiro atoms. The van der Waals surface area contributed by atoms with Crippen LogP contribution in [0.3, 0.4) is 0 Å². The third-order valence-electron chi connectivity index (χ3n) is 2.00. The number of carbonyl (C=O) groups excluding carboxylic acids is 1. The van der Waals surface area contributed by atoms with Crippen molar-refractivity contribution < 1.29 is 4.79 Å². The highest BCUT2D eigenvalue weighted by atomic mass is 32.1. The number of hydrogen-bond donors (Lipinski definition) is 2. The number of rotatable bonds is 4. The van der Waals surface area contributed by atoms with E-state index in [1.54, 1.807) is 18.4 Å². The highest BCUT2D eigenvalue weighted by Crippen LogP contribution is 2.24. The zero-order chi connectivity index (χ0) is 9.84. The summed E-state index contributed by atoms with van der Waals surface area (Å²) in [6.07, 6.45) is 0.935. The Morgan fingerprint density at radius 3 is 2.92 bits per heavy atom. The summed E-state index contributed by atoms with van der Waals surface area (Å²) in [4.78, 5) is 12.1. The van der Waals surface area contributed by atoms with Crippen molar-refractivity contribution in [2.45, 2.75) is 19.4 Å². The van der Waals surface area contributed by atoms with Crippen molar-refractivity contribution >= 4 is 17.2 Å². The van der Waals surface area contributed by atoms with Crippen LogP contribution >= 0.6 is 11.3 Å². The normalized spacial score (nSPS) is 12.8. The van der Waals surface area contributed by atoms with Gasteiger partial charge < -0.3 is 11.1 Å². The van der Waals surface area contributed by atoms with Crippen molar-refractivity contribution in [2.24, 2.45) is 5.73 Å². The number of carbonyl (C=O) groups is 1. The minimum atomic E-state index is -0.338. The second-order valence-electron chi connectivity index (χ2n) is 2.79. The lowest BCUT2D eigenvalue weighted by molar-refractivity contribution is -0.119. The smallest absolute Gasteiger partial charge is 0.239 e. The third kappa shape index (κ3) is 2.08. The fourth-order valence-corrected chi connectivity index (χ4v) is 2.41. The number of nitrogens with one attached hydrogen (secondary N) is 1. The van der Waals surface area contributed by atoms with E-state index in [1.165, 1.54) is 5.56 Å². The van der Waals surface area contributed by atoms with Crippen molar-refractivity contribution in [3.05, 3.63) is 21.9 Å². The van der Waals surface area contributed by atoms with E-state index in [0.717, 1.165) is 11.3 Å². The molecule has 0 aromatic carbocycles. The summed E-state index contributed by atoms with van der Waals surface area (Å²) in [6, 6.07) is 1.70. The molecule has 0 aliphatic heterocycles. The summed E-state index contributed by atoms with van der Waals surface area (Å²) in [5, 5.41) is 4.90. The molecule has 0 aliphatic carbocycles. The van der Waals surface area contributed by atoms with E-state index < -0.39 is 0 Å². The molecule has 1 aromatic rings. The molecule has 0 bridgehead atoms. The van der Waals surface area contributed by atoms with Gasteiger partial charge >= 0.3 is 0 Å². The summed E-state index contributed by atoms with van der Waals surface area (Å²) < 4.78 is 0. The van der Waals surface area contributed by atoms with Crippen LogP contribution in [0, 0.1) is 0 Å². The second kappa shape index (κ2) is 4.39. The van der Waals surface area contributed by atoms with Crippen molar-refractivity contribution in [2.75, 3.05) is 7.05 Å². The summed E-state index contributed by atoms with van der Waals surface area (Å²) >= 11 is 1.57. The highest BCUT2D eigenvalue weighted by Gasteiger charge is 2.19. The number of hydrogen-bond acceptors (Lipinski definition) is 3. The van der Waals surface area contributed by atoms with E-state index in [0.29, 0.717) is 0 Å². The van der Waals surface area contributed by atoms with Crippen LogP contribution in [0.1, 0.15) is 23.4 Å². The van der Waals surface area contributed by atoms with Gasteiger partial charge in [-0.05, 0) is 30.5 Å². The van der Waals surface area contributed by atoms with Crippen molar-refractivity contribution in [3.8, 4) is 0 Å². The maximum atomic E-state index is 11.1. The quantitative estimate of drug-likeness (QED) is 0.760. The van der Waals surface area contributed by atoms with Gasteiger partial charge in [0.2, 0.25) is 5.91 Å². The third-order valence-corrected chi connectivity index (χ3v) is 3.02. The van der Waals surface area contributed by atoms with Crippen LogP contribution in [0.15, 0.2) is 11.4 Å². The molecule has 1 rings (SSSR count). The van der Waals surface area contributed by atoms with Crippen LogP contribution in [0.2, 0.25) is 0 Å². The Bertz CT molecular complexity index is 296. The monoisotopic (exact) mass is 198 g/mol. The molecule has 1 unspecified atom stereocenters. The molecule has 0 radical (unpaired) electrons. The molecule has 3 N–H and O–H groups in total. The van der Waals surface area contributed by atoms with Gasteiger partial charge in [0.25, 0.3) is 0 Å². The summed E-state index contributed by atoms with van der Waals surface area (Å²) in [7, 11) is 1.74. The molecule has 0 aliphatic rings. The van der Waals surface area contributed by atoms with Crippen LogP contribution in [0.5, 0.6) is 0 Å². The van der Waals surface area contributed by atoms with E-state index in [-0.39, 0.29) is 11.9 Å². The Hall–Kier alpha value is -0.870. The van der Waals surface area contributed by atoms with Gasteiger partial charge in [-0.3, -0.25) is 4.79 Å². The Kier molecular flexibility index (Phi) is 3.45.